The zero-order valence-corrected chi connectivity index (χ0v) is 23.7. The van der Waals surface area contributed by atoms with Crippen molar-refractivity contribution in [3.63, 3.8) is 0 Å². The maximum atomic E-state index is 12.8. The number of anilines is 1. The first-order valence-electron chi connectivity index (χ1n) is 13.2. The van der Waals surface area contributed by atoms with Gasteiger partial charge in [-0.3, -0.25) is 10.1 Å². The number of carbonyl (C=O) groups is 1. The summed E-state index contributed by atoms with van der Waals surface area (Å²) in [5.41, 5.74) is 2.91. The van der Waals surface area contributed by atoms with E-state index in [0.717, 1.165) is 18.4 Å². The third-order valence-corrected chi connectivity index (χ3v) is 8.05. The Morgan fingerprint density at radius 1 is 1.27 bits per heavy atom. The van der Waals surface area contributed by atoms with Crippen molar-refractivity contribution in [2.75, 3.05) is 5.32 Å². The summed E-state index contributed by atoms with van der Waals surface area (Å²) in [6.07, 6.45) is 7.61. The highest BCUT2D eigenvalue weighted by molar-refractivity contribution is 6.04. The average Bonchev–Trinajstić information content (AvgIpc) is 3.34. The Kier molecular flexibility index (Phi) is 8.44. The molecule has 3 rings (SSSR count). The molecule has 1 aliphatic rings. The summed E-state index contributed by atoms with van der Waals surface area (Å²) in [5.74, 6) is -0.0133. The van der Waals surface area contributed by atoms with Crippen molar-refractivity contribution in [2.45, 2.75) is 98.4 Å². The first kappa shape index (κ1) is 28.7. The Hall–Kier alpha value is -2.84. The molecule has 3 N–H and O–H groups in total. The topological polar surface area (TPSA) is 113 Å². The number of nitrogens with one attached hydrogen (secondary N) is 2. The van der Waals surface area contributed by atoms with Crippen molar-refractivity contribution >= 4 is 11.9 Å². The van der Waals surface area contributed by atoms with Gasteiger partial charge in [0.25, 0.3) is 11.9 Å². The predicted molar refractivity (Wildman–Crippen MR) is 146 cm³/mol. The summed E-state index contributed by atoms with van der Waals surface area (Å²) < 4.78 is 6.47. The fraction of sp³-hybridized carbons (Fsp3) is 0.586. The number of aromatic nitrogens is 4. The van der Waals surface area contributed by atoms with E-state index >= 15 is 0 Å². The van der Waals surface area contributed by atoms with Gasteiger partial charge in [0.15, 0.2) is 0 Å². The number of aliphatic hydroxyl groups is 1. The highest BCUT2D eigenvalue weighted by Gasteiger charge is 2.40. The molecule has 2 aromatic rings. The molecular formula is C29H43N5O3. The third kappa shape index (κ3) is 5.85. The number of hydrogen-bond donors (Lipinski definition) is 3. The average molecular weight is 510 g/mol. The number of amides is 1. The van der Waals surface area contributed by atoms with Crippen LogP contribution in [0.3, 0.4) is 0 Å². The predicted octanol–water partition coefficient (Wildman–Crippen LogP) is 5.52. The van der Waals surface area contributed by atoms with Gasteiger partial charge in [-0.05, 0) is 67.0 Å². The van der Waals surface area contributed by atoms with Crippen LogP contribution in [0.15, 0.2) is 42.0 Å². The summed E-state index contributed by atoms with van der Waals surface area (Å²) in [7, 11) is 0. The van der Waals surface area contributed by atoms with Gasteiger partial charge in [0.05, 0.1) is 17.8 Å². The summed E-state index contributed by atoms with van der Waals surface area (Å²) in [4.78, 5) is 12.8. The van der Waals surface area contributed by atoms with E-state index in [-0.39, 0.29) is 34.7 Å². The highest BCUT2D eigenvalue weighted by atomic mass is 16.5. The van der Waals surface area contributed by atoms with Crippen molar-refractivity contribution in [3.8, 4) is 0 Å². The van der Waals surface area contributed by atoms with Gasteiger partial charge in [-0.15, -0.1) is 5.10 Å². The zero-order valence-electron chi connectivity index (χ0n) is 23.7. The Balaban J connectivity index is 1.88. The van der Waals surface area contributed by atoms with E-state index in [9.17, 15) is 9.90 Å². The number of H-pyrrole nitrogens is 1. The van der Waals surface area contributed by atoms with Gasteiger partial charge in [0, 0.05) is 16.9 Å². The lowest BCUT2D eigenvalue weighted by molar-refractivity contribution is -0.136. The van der Waals surface area contributed by atoms with Crippen LogP contribution in [-0.4, -0.2) is 49.4 Å². The molecule has 4 atom stereocenters. The standard InChI is InChI=1S/C29H43N5O3/c1-10-29(11-2,21-12-13-23(18(3)16-21)25(36)30-26-31-33-34-32-26)22-14-15-28(9,19(4)17-22)37-20(5)24(35)27(6,7)8/h12-17,19-20,24,35H,10-11H2,1-9H3,(H2,30,31,32,33,34,36). The van der Waals surface area contributed by atoms with Crippen LogP contribution < -0.4 is 5.32 Å². The van der Waals surface area contributed by atoms with Crippen molar-refractivity contribution in [1.29, 1.82) is 0 Å². The number of carbonyl (C=O) groups excluding carboxylic acids is 1. The molecule has 0 spiro atoms. The SMILES string of the molecule is CCC(CC)(C1=CC(C)C(C)(OC(C)C(O)C(C)(C)C)C=C1)c1ccc(C(=O)Nc2nn[nH]n2)c(C)c1. The Bertz CT molecular complexity index is 1140. The minimum absolute atomic E-state index is 0.112. The van der Waals surface area contributed by atoms with Gasteiger partial charge in [-0.1, -0.05) is 77.0 Å². The van der Waals surface area contributed by atoms with E-state index in [1.807, 2.05) is 40.7 Å². The molecule has 1 aromatic heterocycles. The molecule has 0 saturated heterocycles. The van der Waals surface area contributed by atoms with Gasteiger partial charge in [0.2, 0.25) is 0 Å². The molecule has 37 heavy (non-hydrogen) atoms. The molecule has 1 amide bonds. The van der Waals surface area contributed by atoms with Crippen LogP contribution in [0.25, 0.3) is 0 Å². The van der Waals surface area contributed by atoms with Crippen LogP contribution in [0.1, 0.15) is 89.7 Å². The number of tetrazole rings is 1. The van der Waals surface area contributed by atoms with Crippen LogP contribution in [0.4, 0.5) is 5.95 Å². The number of aryl methyl sites for hydroxylation is 1. The van der Waals surface area contributed by atoms with Crippen molar-refractivity contribution in [3.05, 3.63) is 58.7 Å². The highest BCUT2D eigenvalue weighted by Crippen LogP contribution is 2.45. The summed E-state index contributed by atoms with van der Waals surface area (Å²) in [6, 6.07) is 6.04. The van der Waals surface area contributed by atoms with Gasteiger partial charge in [-0.2, -0.15) is 5.21 Å². The quantitative estimate of drug-likeness (QED) is 0.410. The molecule has 8 nitrogen and oxygen atoms in total. The number of benzene rings is 1. The second-order valence-electron chi connectivity index (χ2n) is 11.6. The van der Waals surface area contributed by atoms with E-state index in [2.05, 4.69) is 84.0 Å². The van der Waals surface area contributed by atoms with Crippen LogP contribution in [0.2, 0.25) is 0 Å². The molecule has 0 radical (unpaired) electrons. The second-order valence-corrected chi connectivity index (χ2v) is 11.6. The molecule has 1 heterocycles. The molecule has 4 unspecified atom stereocenters. The van der Waals surface area contributed by atoms with E-state index in [1.165, 1.54) is 11.1 Å². The fourth-order valence-electron chi connectivity index (χ4n) is 5.37. The number of aromatic amines is 1. The molecule has 1 aliphatic carbocycles. The van der Waals surface area contributed by atoms with Gasteiger partial charge >= 0.3 is 0 Å². The summed E-state index contributed by atoms with van der Waals surface area (Å²) in [5, 5.41) is 26.8. The number of hydrogen-bond acceptors (Lipinski definition) is 6. The molecule has 202 valence electrons. The van der Waals surface area contributed by atoms with Crippen LogP contribution >= 0.6 is 0 Å². The van der Waals surface area contributed by atoms with Gasteiger partial charge in [0.1, 0.15) is 0 Å². The van der Waals surface area contributed by atoms with Crippen LogP contribution in [0.5, 0.6) is 0 Å². The number of rotatable bonds is 9. The molecule has 0 bridgehead atoms. The lowest BCUT2D eigenvalue weighted by Crippen LogP contribution is -2.46. The van der Waals surface area contributed by atoms with E-state index in [0.29, 0.717) is 5.56 Å². The smallest absolute Gasteiger partial charge is 0.270 e. The number of allylic oxidation sites excluding steroid dienone is 2. The van der Waals surface area contributed by atoms with E-state index in [1.54, 1.807) is 0 Å². The molecule has 8 heteroatoms. The zero-order chi connectivity index (χ0) is 27.6. The number of aliphatic hydroxyl groups excluding tert-OH is 1. The minimum atomic E-state index is -0.570. The monoisotopic (exact) mass is 509 g/mol. The largest absolute Gasteiger partial charge is 0.390 e. The van der Waals surface area contributed by atoms with Crippen molar-refractivity contribution < 1.29 is 14.6 Å². The normalized spacial score (nSPS) is 21.9. The molecular weight excluding hydrogens is 466 g/mol. The minimum Gasteiger partial charge on any atom is -0.390 e. The Morgan fingerprint density at radius 2 is 1.95 bits per heavy atom. The number of nitrogens with zero attached hydrogens (tertiary/aromatic N) is 3. The maximum Gasteiger partial charge on any atom is 0.270 e. The summed E-state index contributed by atoms with van der Waals surface area (Å²) in [6.45, 7) is 18.7. The van der Waals surface area contributed by atoms with Crippen molar-refractivity contribution in [2.24, 2.45) is 11.3 Å². The first-order chi connectivity index (χ1) is 17.3. The van der Waals surface area contributed by atoms with Crippen LogP contribution in [-0.2, 0) is 10.2 Å². The van der Waals surface area contributed by atoms with Crippen molar-refractivity contribution in [1.82, 2.24) is 20.6 Å². The van der Waals surface area contributed by atoms with E-state index < -0.39 is 11.7 Å². The van der Waals surface area contributed by atoms with E-state index in [4.69, 9.17) is 4.74 Å². The first-order valence-corrected chi connectivity index (χ1v) is 13.2. The summed E-state index contributed by atoms with van der Waals surface area (Å²) >= 11 is 0. The Labute approximate surface area is 221 Å². The third-order valence-electron chi connectivity index (χ3n) is 8.05. The Morgan fingerprint density at radius 3 is 2.46 bits per heavy atom. The maximum absolute atomic E-state index is 12.8. The lowest BCUT2D eigenvalue weighted by Gasteiger charge is -2.43. The molecule has 0 aliphatic heterocycles. The molecule has 0 saturated carbocycles. The van der Waals surface area contributed by atoms with Crippen LogP contribution in [0, 0.1) is 18.3 Å². The molecule has 0 fully saturated rings. The second kappa shape index (κ2) is 10.9. The van der Waals surface area contributed by atoms with Gasteiger partial charge in [-0.25, -0.2) is 0 Å². The number of ether oxygens (including phenoxy) is 1. The molecule has 1 aromatic carbocycles. The van der Waals surface area contributed by atoms with Gasteiger partial charge < -0.3 is 9.84 Å². The fourth-order valence-corrected chi connectivity index (χ4v) is 5.37. The lowest BCUT2D eigenvalue weighted by atomic mass is 9.66.